The number of ether oxygens (including phenoxy) is 1. The van der Waals surface area contributed by atoms with E-state index in [1.165, 1.54) is 23.5 Å². The van der Waals surface area contributed by atoms with Crippen LogP contribution >= 0.6 is 11.3 Å². The molecule has 0 aliphatic carbocycles. The molecule has 3 heterocycles. The van der Waals surface area contributed by atoms with Crippen molar-refractivity contribution >= 4 is 39.3 Å². The summed E-state index contributed by atoms with van der Waals surface area (Å²) in [5.41, 5.74) is 6.71. The van der Waals surface area contributed by atoms with E-state index in [2.05, 4.69) is 5.10 Å². The molecule has 1 aliphatic heterocycles. The number of likely N-dealkylation sites (tertiary alicyclic amines) is 1. The van der Waals surface area contributed by atoms with Crippen molar-refractivity contribution in [1.29, 1.82) is 0 Å². The number of nitrogens with two attached hydrogens (primary N) is 1. The van der Waals surface area contributed by atoms with Crippen molar-refractivity contribution in [2.45, 2.75) is 19.8 Å². The first kappa shape index (κ1) is 21.0. The molecule has 4 rings (SSSR count). The zero-order valence-corrected chi connectivity index (χ0v) is 17.7. The molecule has 0 bridgehead atoms. The Bertz CT molecular complexity index is 1150. The molecule has 162 valence electrons. The van der Waals surface area contributed by atoms with E-state index in [9.17, 15) is 18.8 Å². The zero-order valence-electron chi connectivity index (χ0n) is 16.8. The van der Waals surface area contributed by atoms with Gasteiger partial charge in [-0.3, -0.25) is 9.59 Å². The Morgan fingerprint density at radius 3 is 2.55 bits per heavy atom. The van der Waals surface area contributed by atoms with Crippen LogP contribution in [0.1, 0.15) is 28.2 Å². The first-order chi connectivity index (χ1) is 14.8. The number of aromatic nitrogens is 2. The smallest absolute Gasteiger partial charge is 0.348 e. The molecule has 8 nitrogen and oxygen atoms in total. The monoisotopic (exact) mass is 444 g/mol. The van der Waals surface area contributed by atoms with E-state index < -0.39 is 5.97 Å². The Hall–Kier alpha value is -3.27. The minimum Gasteiger partial charge on any atom is -0.451 e. The van der Waals surface area contributed by atoms with Gasteiger partial charge < -0.3 is 15.4 Å². The second kappa shape index (κ2) is 8.46. The maximum atomic E-state index is 13.2. The summed E-state index contributed by atoms with van der Waals surface area (Å²) >= 11 is 1.20. The first-order valence-electron chi connectivity index (χ1n) is 9.83. The number of aryl methyl sites for hydroxylation is 1. The van der Waals surface area contributed by atoms with E-state index in [1.54, 1.807) is 27.8 Å². The predicted molar refractivity (Wildman–Crippen MR) is 112 cm³/mol. The van der Waals surface area contributed by atoms with Gasteiger partial charge in [-0.2, -0.15) is 5.10 Å². The number of amides is 2. The molecular formula is C21H21FN4O4S. The fraction of sp³-hybridized carbons (Fsp3) is 0.333. The molecule has 0 unspecified atom stereocenters. The van der Waals surface area contributed by atoms with Gasteiger partial charge in [0.25, 0.3) is 5.91 Å². The maximum Gasteiger partial charge on any atom is 0.348 e. The highest BCUT2D eigenvalue weighted by Crippen LogP contribution is 2.31. The number of hydrogen-bond donors (Lipinski definition) is 1. The van der Waals surface area contributed by atoms with Gasteiger partial charge in [0.2, 0.25) is 5.91 Å². The van der Waals surface area contributed by atoms with Gasteiger partial charge in [0, 0.05) is 24.4 Å². The Kier molecular flexibility index (Phi) is 5.73. The third-order valence-corrected chi connectivity index (χ3v) is 6.48. The van der Waals surface area contributed by atoms with Crippen LogP contribution in [0, 0.1) is 18.7 Å². The number of carbonyl (C=O) groups excluding carboxylic acids is 3. The van der Waals surface area contributed by atoms with E-state index in [4.69, 9.17) is 10.5 Å². The summed E-state index contributed by atoms with van der Waals surface area (Å²) in [4.78, 5) is 38.8. The Balaban J connectivity index is 1.43. The third-order valence-electron chi connectivity index (χ3n) is 5.39. The van der Waals surface area contributed by atoms with Crippen molar-refractivity contribution in [2.75, 3.05) is 19.7 Å². The minimum atomic E-state index is -0.591. The van der Waals surface area contributed by atoms with Gasteiger partial charge in [-0.1, -0.05) is 0 Å². The van der Waals surface area contributed by atoms with E-state index >= 15 is 0 Å². The Morgan fingerprint density at radius 1 is 1.23 bits per heavy atom. The number of nitrogens with zero attached hydrogens (tertiary/aromatic N) is 3. The van der Waals surface area contributed by atoms with Crippen LogP contribution in [0.25, 0.3) is 15.9 Å². The summed E-state index contributed by atoms with van der Waals surface area (Å²) in [6.45, 7) is 2.29. The molecule has 1 saturated heterocycles. The molecule has 1 fully saturated rings. The van der Waals surface area contributed by atoms with Gasteiger partial charge in [-0.25, -0.2) is 13.9 Å². The number of carbonyl (C=O) groups is 3. The van der Waals surface area contributed by atoms with Gasteiger partial charge in [0.15, 0.2) is 6.61 Å². The average molecular weight is 444 g/mol. The van der Waals surface area contributed by atoms with Gasteiger partial charge in [0.1, 0.15) is 15.5 Å². The summed E-state index contributed by atoms with van der Waals surface area (Å²) in [5, 5.41) is 5.26. The van der Waals surface area contributed by atoms with Crippen LogP contribution in [0.15, 0.2) is 30.3 Å². The second-order valence-electron chi connectivity index (χ2n) is 7.44. The van der Waals surface area contributed by atoms with Gasteiger partial charge in [-0.05, 0) is 50.1 Å². The summed E-state index contributed by atoms with van der Waals surface area (Å²) in [6, 6.07) is 7.60. The molecule has 10 heteroatoms. The van der Waals surface area contributed by atoms with Crippen LogP contribution in [0.3, 0.4) is 0 Å². The van der Waals surface area contributed by atoms with Crippen molar-refractivity contribution in [2.24, 2.45) is 11.7 Å². The lowest BCUT2D eigenvalue weighted by molar-refractivity contribution is -0.137. The molecule has 31 heavy (non-hydrogen) atoms. The summed E-state index contributed by atoms with van der Waals surface area (Å²) in [5.74, 6) is -1.80. The summed E-state index contributed by atoms with van der Waals surface area (Å²) < 4.78 is 20.1. The number of piperidine rings is 1. The van der Waals surface area contributed by atoms with Crippen molar-refractivity contribution in [1.82, 2.24) is 14.7 Å². The number of thiophene rings is 1. The zero-order chi connectivity index (χ0) is 22.1. The third kappa shape index (κ3) is 4.29. The van der Waals surface area contributed by atoms with Crippen molar-refractivity contribution < 1.29 is 23.5 Å². The lowest BCUT2D eigenvalue weighted by atomic mass is 9.96. The molecule has 2 aromatic heterocycles. The summed E-state index contributed by atoms with van der Waals surface area (Å²) in [7, 11) is 0. The number of fused-ring (bicyclic) bond motifs is 1. The van der Waals surface area contributed by atoms with E-state index in [0.29, 0.717) is 36.5 Å². The minimum absolute atomic E-state index is 0.214. The Morgan fingerprint density at radius 2 is 1.90 bits per heavy atom. The number of hydrogen-bond acceptors (Lipinski definition) is 6. The second-order valence-corrected chi connectivity index (χ2v) is 8.47. The molecule has 0 atom stereocenters. The topological polar surface area (TPSA) is 108 Å². The number of esters is 1. The highest BCUT2D eigenvalue weighted by atomic mass is 32.1. The van der Waals surface area contributed by atoms with Crippen molar-refractivity contribution in [3.63, 3.8) is 0 Å². The highest BCUT2D eigenvalue weighted by Gasteiger charge is 2.27. The SMILES string of the molecule is Cc1nn(-c2ccc(F)cc2)c2sc(C(=O)OCC(=O)N3CCC(C(N)=O)CC3)cc12. The van der Waals surface area contributed by atoms with E-state index in [-0.39, 0.29) is 30.2 Å². The van der Waals surface area contributed by atoms with Crippen LogP contribution in [0.4, 0.5) is 4.39 Å². The van der Waals surface area contributed by atoms with Gasteiger partial charge in [-0.15, -0.1) is 11.3 Å². The largest absolute Gasteiger partial charge is 0.451 e. The average Bonchev–Trinajstić information content (AvgIpc) is 3.33. The van der Waals surface area contributed by atoms with E-state index in [0.717, 1.165) is 15.9 Å². The van der Waals surface area contributed by atoms with Crippen LogP contribution in [0.2, 0.25) is 0 Å². The molecule has 0 spiro atoms. The fourth-order valence-corrected chi connectivity index (χ4v) is 4.68. The van der Waals surface area contributed by atoms with Gasteiger partial charge in [0.05, 0.1) is 11.4 Å². The molecule has 1 aliphatic rings. The molecular weight excluding hydrogens is 423 g/mol. The standard InChI is InChI=1S/C21H21FN4O4S/c1-12-16-10-17(31-20(16)26(24-12)15-4-2-14(22)3-5-15)21(29)30-11-18(27)25-8-6-13(7-9-25)19(23)28/h2-5,10,13H,6-9,11H2,1H3,(H2,23,28). The molecule has 1 aromatic carbocycles. The van der Waals surface area contributed by atoms with Crippen LogP contribution in [0.5, 0.6) is 0 Å². The Labute approximate surface area is 181 Å². The van der Waals surface area contributed by atoms with Crippen LogP contribution in [-0.4, -0.2) is 52.2 Å². The lowest BCUT2D eigenvalue weighted by Crippen LogP contribution is -2.43. The van der Waals surface area contributed by atoms with Crippen molar-refractivity contribution in [3.05, 3.63) is 46.7 Å². The summed E-state index contributed by atoms with van der Waals surface area (Å²) in [6.07, 6.45) is 1.04. The molecule has 2 amide bonds. The lowest BCUT2D eigenvalue weighted by Gasteiger charge is -2.30. The number of rotatable bonds is 5. The fourth-order valence-electron chi connectivity index (χ4n) is 3.61. The number of benzene rings is 1. The van der Waals surface area contributed by atoms with Crippen LogP contribution in [-0.2, 0) is 14.3 Å². The molecule has 2 N–H and O–H groups in total. The normalized spacial score (nSPS) is 14.7. The quantitative estimate of drug-likeness (QED) is 0.608. The number of primary amides is 1. The molecule has 0 radical (unpaired) electrons. The maximum absolute atomic E-state index is 13.2. The van der Waals surface area contributed by atoms with E-state index in [1.807, 2.05) is 6.92 Å². The van der Waals surface area contributed by atoms with Gasteiger partial charge >= 0.3 is 5.97 Å². The molecule has 0 saturated carbocycles. The van der Waals surface area contributed by atoms with Crippen molar-refractivity contribution in [3.8, 4) is 5.69 Å². The predicted octanol–water partition coefficient (Wildman–Crippen LogP) is 2.42. The number of halogens is 1. The first-order valence-corrected chi connectivity index (χ1v) is 10.6. The van der Waals surface area contributed by atoms with Crippen LogP contribution < -0.4 is 5.73 Å². The molecule has 3 aromatic rings. The highest BCUT2D eigenvalue weighted by molar-refractivity contribution is 7.20.